The Morgan fingerprint density at radius 3 is 2.65 bits per heavy atom. The molecule has 2 unspecified atom stereocenters. The Kier molecular flexibility index (Phi) is 5.32. The van der Waals surface area contributed by atoms with Gasteiger partial charge in [0.25, 0.3) is 0 Å². The SMILES string of the molecule is CCCCC/C=C1\CC[C@H]2[C@@H]3CCC4CCCC(O)[C@]4(C)[C@H]3CC[C@]12C. The summed E-state index contributed by atoms with van der Waals surface area (Å²) >= 11 is 0. The van der Waals surface area contributed by atoms with Crippen LogP contribution in [-0.4, -0.2) is 11.2 Å². The molecule has 148 valence electrons. The van der Waals surface area contributed by atoms with E-state index in [1.54, 1.807) is 0 Å². The second kappa shape index (κ2) is 7.26. The Bertz CT molecular complexity index is 536. The molecule has 26 heavy (non-hydrogen) atoms. The molecule has 0 heterocycles. The third-order valence-electron chi connectivity index (χ3n) is 9.76. The molecule has 0 aromatic rings. The zero-order valence-electron chi connectivity index (χ0n) is 17.6. The van der Waals surface area contributed by atoms with Gasteiger partial charge in [-0.3, -0.25) is 0 Å². The normalized spacial score (nSPS) is 49.5. The van der Waals surface area contributed by atoms with Crippen LogP contribution in [0.4, 0.5) is 0 Å². The van der Waals surface area contributed by atoms with Gasteiger partial charge in [0.1, 0.15) is 0 Å². The minimum absolute atomic E-state index is 0.0381. The molecule has 4 fully saturated rings. The van der Waals surface area contributed by atoms with E-state index in [4.69, 9.17) is 0 Å². The summed E-state index contributed by atoms with van der Waals surface area (Å²) in [4.78, 5) is 0. The largest absolute Gasteiger partial charge is 0.393 e. The third kappa shape index (κ3) is 2.83. The first-order valence-electron chi connectivity index (χ1n) is 11.9. The van der Waals surface area contributed by atoms with E-state index in [0.29, 0.717) is 5.41 Å². The molecule has 0 spiro atoms. The number of aliphatic hydroxyl groups is 1. The van der Waals surface area contributed by atoms with Gasteiger partial charge in [-0.25, -0.2) is 0 Å². The average Bonchev–Trinajstić information content (AvgIpc) is 2.96. The molecule has 4 saturated carbocycles. The average molecular weight is 359 g/mol. The molecule has 0 radical (unpaired) electrons. The van der Waals surface area contributed by atoms with Crippen molar-refractivity contribution in [1.82, 2.24) is 0 Å². The Morgan fingerprint density at radius 1 is 1.00 bits per heavy atom. The molecule has 1 heteroatoms. The number of unbranched alkanes of at least 4 members (excludes halogenated alkanes) is 3. The number of fused-ring (bicyclic) bond motifs is 5. The summed E-state index contributed by atoms with van der Waals surface area (Å²) in [6, 6.07) is 0. The summed E-state index contributed by atoms with van der Waals surface area (Å²) in [6.07, 6.45) is 20.1. The van der Waals surface area contributed by atoms with Crippen LogP contribution in [0, 0.1) is 34.5 Å². The summed E-state index contributed by atoms with van der Waals surface area (Å²) in [7, 11) is 0. The van der Waals surface area contributed by atoms with Gasteiger partial charge in [0.05, 0.1) is 6.10 Å². The van der Waals surface area contributed by atoms with Crippen LogP contribution in [0.2, 0.25) is 0 Å². The van der Waals surface area contributed by atoms with Gasteiger partial charge < -0.3 is 5.11 Å². The van der Waals surface area contributed by atoms with Crippen LogP contribution in [0.25, 0.3) is 0 Å². The van der Waals surface area contributed by atoms with Gasteiger partial charge in [-0.2, -0.15) is 0 Å². The molecular formula is C25H42O. The van der Waals surface area contributed by atoms with Crippen molar-refractivity contribution in [3.63, 3.8) is 0 Å². The van der Waals surface area contributed by atoms with Gasteiger partial charge >= 0.3 is 0 Å². The second-order valence-electron chi connectivity index (χ2n) is 10.7. The molecule has 0 saturated heterocycles. The van der Waals surface area contributed by atoms with Crippen molar-refractivity contribution >= 4 is 0 Å². The zero-order chi connectivity index (χ0) is 18.4. The molecule has 0 aliphatic heterocycles. The minimum atomic E-state index is -0.0381. The molecule has 1 N–H and O–H groups in total. The first kappa shape index (κ1) is 19.0. The van der Waals surface area contributed by atoms with Crippen LogP contribution in [0.3, 0.4) is 0 Å². The number of hydrogen-bond acceptors (Lipinski definition) is 1. The van der Waals surface area contributed by atoms with Crippen molar-refractivity contribution in [2.24, 2.45) is 34.5 Å². The summed E-state index contributed by atoms with van der Waals surface area (Å²) in [6.45, 7) is 7.40. The van der Waals surface area contributed by atoms with Crippen LogP contribution in [0.1, 0.15) is 104 Å². The van der Waals surface area contributed by atoms with E-state index in [-0.39, 0.29) is 11.5 Å². The molecule has 0 bridgehead atoms. The first-order valence-corrected chi connectivity index (χ1v) is 11.9. The summed E-state index contributed by atoms with van der Waals surface area (Å²) in [5.74, 6) is 3.35. The molecule has 0 amide bonds. The molecule has 0 aromatic heterocycles. The molecule has 1 nitrogen and oxygen atoms in total. The van der Waals surface area contributed by atoms with Crippen molar-refractivity contribution in [1.29, 1.82) is 0 Å². The predicted octanol–water partition coefficient (Wildman–Crippen LogP) is 6.90. The number of allylic oxidation sites excluding steroid dienone is 2. The van der Waals surface area contributed by atoms with E-state index in [9.17, 15) is 5.11 Å². The van der Waals surface area contributed by atoms with Crippen LogP contribution >= 0.6 is 0 Å². The van der Waals surface area contributed by atoms with E-state index in [0.717, 1.165) is 30.1 Å². The van der Waals surface area contributed by atoms with Gasteiger partial charge in [0.2, 0.25) is 0 Å². The second-order valence-corrected chi connectivity index (χ2v) is 10.7. The van der Waals surface area contributed by atoms with E-state index in [2.05, 4.69) is 26.8 Å². The lowest BCUT2D eigenvalue weighted by Gasteiger charge is -2.61. The fourth-order valence-electron chi connectivity index (χ4n) is 8.17. The number of hydrogen-bond donors (Lipinski definition) is 1. The highest BCUT2D eigenvalue weighted by Crippen LogP contribution is 2.67. The first-order chi connectivity index (χ1) is 12.5. The van der Waals surface area contributed by atoms with Crippen molar-refractivity contribution in [3.8, 4) is 0 Å². The van der Waals surface area contributed by atoms with E-state index in [1.807, 2.05) is 5.57 Å². The van der Waals surface area contributed by atoms with E-state index >= 15 is 0 Å². The molecule has 7 atom stereocenters. The quantitative estimate of drug-likeness (QED) is 0.428. The minimum Gasteiger partial charge on any atom is -0.393 e. The van der Waals surface area contributed by atoms with Crippen LogP contribution in [0.5, 0.6) is 0 Å². The molecular weight excluding hydrogens is 316 g/mol. The Balaban J connectivity index is 1.54. The Hall–Kier alpha value is -0.300. The number of aliphatic hydroxyl groups excluding tert-OH is 1. The smallest absolute Gasteiger partial charge is 0.0599 e. The molecule has 0 aromatic carbocycles. The Labute approximate surface area is 162 Å². The van der Waals surface area contributed by atoms with E-state index < -0.39 is 0 Å². The maximum atomic E-state index is 11.0. The highest BCUT2D eigenvalue weighted by Gasteiger charge is 2.60. The van der Waals surface area contributed by atoms with Gasteiger partial charge in [-0.1, -0.05) is 51.7 Å². The topological polar surface area (TPSA) is 20.2 Å². The van der Waals surface area contributed by atoms with Crippen molar-refractivity contribution in [2.75, 3.05) is 0 Å². The van der Waals surface area contributed by atoms with Crippen molar-refractivity contribution < 1.29 is 5.11 Å². The molecule has 4 aliphatic rings. The summed E-state index contributed by atoms with van der Waals surface area (Å²) < 4.78 is 0. The monoisotopic (exact) mass is 358 g/mol. The van der Waals surface area contributed by atoms with Gasteiger partial charge in [-0.05, 0) is 98.7 Å². The zero-order valence-corrected chi connectivity index (χ0v) is 17.6. The van der Waals surface area contributed by atoms with E-state index in [1.165, 1.54) is 77.0 Å². The lowest BCUT2D eigenvalue weighted by atomic mass is 9.44. The standard InChI is InChI=1S/C25H42O/c1-4-5-6-7-9-18-13-15-21-20-14-12-19-10-8-11-23(26)25(19,3)22(20)16-17-24(18,21)2/h9,19-23,26H,4-8,10-17H2,1-3H3/b18-9+/t19?,20-,21-,22-,23?,24+,25-/m0/s1. The van der Waals surface area contributed by atoms with Gasteiger partial charge in [0.15, 0.2) is 0 Å². The van der Waals surface area contributed by atoms with Crippen molar-refractivity contribution in [3.05, 3.63) is 11.6 Å². The lowest BCUT2D eigenvalue weighted by molar-refractivity contribution is -0.156. The van der Waals surface area contributed by atoms with Crippen LogP contribution in [-0.2, 0) is 0 Å². The molecule has 4 aliphatic carbocycles. The maximum Gasteiger partial charge on any atom is 0.0599 e. The fourth-order valence-corrected chi connectivity index (χ4v) is 8.17. The highest BCUT2D eigenvalue weighted by atomic mass is 16.3. The third-order valence-corrected chi connectivity index (χ3v) is 9.76. The fraction of sp³-hybridized carbons (Fsp3) is 0.920. The number of rotatable bonds is 4. The predicted molar refractivity (Wildman–Crippen MR) is 110 cm³/mol. The van der Waals surface area contributed by atoms with Crippen LogP contribution < -0.4 is 0 Å². The lowest BCUT2D eigenvalue weighted by Crippen LogP contribution is -2.57. The maximum absolute atomic E-state index is 11.0. The molecule has 4 rings (SSSR count). The summed E-state index contributed by atoms with van der Waals surface area (Å²) in [5.41, 5.74) is 2.51. The van der Waals surface area contributed by atoms with Crippen molar-refractivity contribution in [2.45, 2.75) is 110 Å². The van der Waals surface area contributed by atoms with Crippen LogP contribution in [0.15, 0.2) is 11.6 Å². The summed E-state index contributed by atoms with van der Waals surface area (Å²) in [5, 5.41) is 11.0. The van der Waals surface area contributed by atoms with Gasteiger partial charge in [0, 0.05) is 0 Å². The highest BCUT2D eigenvalue weighted by molar-refractivity contribution is 5.24. The Morgan fingerprint density at radius 2 is 1.85 bits per heavy atom. The van der Waals surface area contributed by atoms with Gasteiger partial charge in [-0.15, -0.1) is 0 Å².